The first-order valence-electron chi connectivity index (χ1n) is 7.12. The van der Waals surface area contributed by atoms with Gasteiger partial charge in [0.2, 0.25) is 0 Å². The third kappa shape index (κ3) is 3.05. The predicted molar refractivity (Wildman–Crippen MR) is 78.5 cm³/mol. The molecule has 2 heteroatoms. The summed E-state index contributed by atoms with van der Waals surface area (Å²) in [5.74, 6) is 0.920. The predicted octanol–water partition coefficient (Wildman–Crippen LogP) is 3.59. The standard InChI is InChI=1S/C16H26N2/c1-12-7-9-15(10-8-12)18(3)11-14-5-4-6-16(17)13(14)2/h4-6,12,15H,7-11,17H2,1-3H3. The van der Waals surface area contributed by atoms with Gasteiger partial charge in [0.25, 0.3) is 0 Å². The molecule has 0 amide bonds. The summed E-state index contributed by atoms with van der Waals surface area (Å²) in [6.07, 6.45) is 5.45. The molecular formula is C16H26N2. The van der Waals surface area contributed by atoms with Crippen molar-refractivity contribution in [1.82, 2.24) is 4.90 Å². The Morgan fingerprint density at radius 2 is 1.89 bits per heavy atom. The van der Waals surface area contributed by atoms with E-state index in [1.165, 1.54) is 36.8 Å². The van der Waals surface area contributed by atoms with Gasteiger partial charge in [0.05, 0.1) is 0 Å². The van der Waals surface area contributed by atoms with E-state index in [0.717, 1.165) is 24.2 Å². The molecule has 1 aromatic carbocycles. The van der Waals surface area contributed by atoms with Crippen molar-refractivity contribution in [2.45, 2.75) is 52.1 Å². The molecule has 1 aromatic rings. The van der Waals surface area contributed by atoms with E-state index in [2.05, 4.69) is 37.9 Å². The van der Waals surface area contributed by atoms with Crippen LogP contribution in [0.4, 0.5) is 5.69 Å². The van der Waals surface area contributed by atoms with E-state index in [1.54, 1.807) is 0 Å². The van der Waals surface area contributed by atoms with Gasteiger partial charge in [0.1, 0.15) is 0 Å². The molecule has 1 aliphatic rings. The van der Waals surface area contributed by atoms with Gasteiger partial charge in [-0.3, -0.25) is 4.90 Å². The van der Waals surface area contributed by atoms with Gasteiger partial charge in [-0.05, 0) is 62.8 Å². The van der Waals surface area contributed by atoms with E-state index < -0.39 is 0 Å². The van der Waals surface area contributed by atoms with Gasteiger partial charge in [-0.1, -0.05) is 19.1 Å². The summed E-state index contributed by atoms with van der Waals surface area (Å²) in [6.45, 7) is 5.52. The second-order valence-electron chi connectivity index (χ2n) is 5.96. The number of benzene rings is 1. The fraction of sp³-hybridized carbons (Fsp3) is 0.625. The zero-order valence-electron chi connectivity index (χ0n) is 11.9. The first-order valence-corrected chi connectivity index (χ1v) is 7.12. The molecule has 2 N–H and O–H groups in total. The number of hydrogen-bond acceptors (Lipinski definition) is 2. The number of rotatable bonds is 3. The third-order valence-corrected chi connectivity index (χ3v) is 4.52. The fourth-order valence-electron chi connectivity index (χ4n) is 2.96. The van der Waals surface area contributed by atoms with Crippen LogP contribution in [-0.4, -0.2) is 18.0 Å². The highest BCUT2D eigenvalue weighted by atomic mass is 15.1. The van der Waals surface area contributed by atoms with Crippen LogP contribution in [0.25, 0.3) is 0 Å². The van der Waals surface area contributed by atoms with Crippen LogP contribution in [-0.2, 0) is 6.54 Å². The molecule has 0 radical (unpaired) electrons. The van der Waals surface area contributed by atoms with Gasteiger partial charge in [-0.2, -0.15) is 0 Å². The van der Waals surface area contributed by atoms with Crippen molar-refractivity contribution in [3.8, 4) is 0 Å². The van der Waals surface area contributed by atoms with Gasteiger partial charge in [0.15, 0.2) is 0 Å². The van der Waals surface area contributed by atoms with E-state index in [4.69, 9.17) is 5.73 Å². The molecule has 0 bridgehead atoms. The molecule has 0 aliphatic heterocycles. The SMILES string of the molecule is Cc1c(N)cccc1CN(C)C1CCC(C)CC1. The van der Waals surface area contributed by atoms with Crippen LogP contribution in [0.1, 0.15) is 43.7 Å². The Morgan fingerprint density at radius 3 is 2.56 bits per heavy atom. The lowest BCUT2D eigenvalue weighted by Gasteiger charge is -2.34. The highest BCUT2D eigenvalue weighted by Gasteiger charge is 2.21. The molecular weight excluding hydrogens is 220 g/mol. The molecule has 2 rings (SSSR count). The van der Waals surface area contributed by atoms with Crippen LogP contribution >= 0.6 is 0 Å². The van der Waals surface area contributed by atoms with Crippen molar-refractivity contribution < 1.29 is 0 Å². The molecule has 100 valence electrons. The smallest absolute Gasteiger partial charge is 0.0346 e. The normalized spacial score (nSPS) is 24.4. The Balaban J connectivity index is 1.98. The Bertz CT molecular complexity index is 392. The lowest BCUT2D eigenvalue weighted by molar-refractivity contribution is 0.163. The van der Waals surface area contributed by atoms with Crippen molar-refractivity contribution in [2.75, 3.05) is 12.8 Å². The van der Waals surface area contributed by atoms with Crippen molar-refractivity contribution in [3.05, 3.63) is 29.3 Å². The van der Waals surface area contributed by atoms with Crippen molar-refractivity contribution in [2.24, 2.45) is 5.92 Å². The van der Waals surface area contributed by atoms with E-state index in [-0.39, 0.29) is 0 Å². The molecule has 18 heavy (non-hydrogen) atoms. The highest BCUT2D eigenvalue weighted by Crippen LogP contribution is 2.28. The second-order valence-corrected chi connectivity index (χ2v) is 5.96. The average Bonchev–Trinajstić information content (AvgIpc) is 2.36. The maximum absolute atomic E-state index is 5.97. The van der Waals surface area contributed by atoms with Gasteiger partial charge < -0.3 is 5.73 Å². The van der Waals surface area contributed by atoms with Crippen LogP contribution in [0.5, 0.6) is 0 Å². The summed E-state index contributed by atoms with van der Waals surface area (Å²) in [5.41, 5.74) is 9.50. The maximum Gasteiger partial charge on any atom is 0.0346 e. The summed E-state index contributed by atoms with van der Waals surface area (Å²) < 4.78 is 0. The van der Waals surface area contributed by atoms with Crippen LogP contribution in [0.15, 0.2) is 18.2 Å². The number of nitrogens with zero attached hydrogens (tertiary/aromatic N) is 1. The minimum absolute atomic E-state index is 0.752. The largest absolute Gasteiger partial charge is 0.399 e. The number of nitrogens with two attached hydrogens (primary N) is 1. The lowest BCUT2D eigenvalue weighted by atomic mass is 9.86. The molecule has 1 aliphatic carbocycles. The van der Waals surface area contributed by atoms with Crippen LogP contribution in [0, 0.1) is 12.8 Å². The summed E-state index contributed by atoms with van der Waals surface area (Å²) >= 11 is 0. The number of nitrogen functional groups attached to an aromatic ring is 1. The van der Waals surface area contributed by atoms with Gasteiger partial charge in [-0.25, -0.2) is 0 Å². The minimum atomic E-state index is 0.752. The van der Waals surface area contributed by atoms with E-state index in [9.17, 15) is 0 Å². The minimum Gasteiger partial charge on any atom is -0.399 e. The van der Waals surface area contributed by atoms with E-state index >= 15 is 0 Å². The average molecular weight is 246 g/mol. The summed E-state index contributed by atoms with van der Waals surface area (Å²) in [5, 5.41) is 0. The van der Waals surface area contributed by atoms with Gasteiger partial charge >= 0.3 is 0 Å². The van der Waals surface area contributed by atoms with E-state index in [0.29, 0.717) is 0 Å². The fourth-order valence-corrected chi connectivity index (χ4v) is 2.96. The first-order chi connectivity index (χ1) is 8.58. The number of anilines is 1. The molecule has 0 spiro atoms. The highest BCUT2D eigenvalue weighted by molar-refractivity contribution is 5.49. The topological polar surface area (TPSA) is 29.3 Å². The molecule has 0 heterocycles. The molecule has 0 saturated heterocycles. The summed E-state index contributed by atoms with van der Waals surface area (Å²) in [7, 11) is 2.25. The second kappa shape index (κ2) is 5.75. The molecule has 0 atom stereocenters. The van der Waals surface area contributed by atoms with Crippen LogP contribution < -0.4 is 5.73 Å². The Hall–Kier alpha value is -1.02. The lowest BCUT2D eigenvalue weighted by Crippen LogP contribution is -2.34. The number of hydrogen-bond donors (Lipinski definition) is 1. The van der Waals surface area contributed by atoms with Gasteiger partial charge in [-0.15, -0.1) is 0 Å². The van der Waals surface area contributed by atoms with E-state index in [1.807, 2.05) is 6.07 Å². The molecule has 1 saturated carbocycles. The summed E-state index contributed by atoms with van der Waals surface area (Å²) in [4.78, 5) is 2.51. The molecule has 2 nitrogen and oxygen atoms in total. The third-order valence-electron chi connectivity index (χ3n) is 4.52. The van der Waals surface area contributed by atoms with Gasteiger partial charge in [0, 0.05) is 18.3 Å². The Morgan fingerprint density at radius 1 is 1.22 bits per heavy atom. The zero-order chi connectivity index (χ0) is 13.1. The van der Waals surface area contributed by atoms with Crippen molar-refractivity contribution in [1.29, 1.82) is 0 Å². The van der Waals surface area contributed by atoms with Crippen LogP contribution in [0.3, 0.4) is 0 Å². The van der Waals surface area contributed by atoms with Crippen molar-refractivity contribution >= 4 is 5.69 Å². The first kappa shape index (κ1) is 13.4. The Kier molecular flexibility index (Phi) is 4.28. The molecule has 0 aromatic heterocycles. The quantitative estimate of drug-likeness (QED) is 0.826. The summed E-state index contributed by atoms with van der Waals surface area (Å²) in [6, 6.07) is 7.01. The maximum atomic E-state index is 5.97. The Labute approximate surface area is 111 Å². The zero-order valence-corrected chi connectivity index (χ0v) is 11.9. The monoisotopic (exact) mass is 246 g/mol. The molecule has 0 unspecified atom stereocenters. The van der Waals surface area contributed by atoms with Crippen LogP contribution in [0.2, 0.25) is 0 Å². The van der Waals surface area contributed by atoms with Crippen molar-refractivity contribution in [3.63, 3.8) is 0 Å². The molecule has 1 fully saturated rings.